The minimum Gasteiger partial charge on any atom is -0.353 e. The molecular formula is C14H10F3N3. The first kappa shape index (κ1) is 13.9. The fourth-order valence-corrected chi connectivity index (χ4v) is 1.60. The summed E-state index contributed by atoms with van der Waals surface area (Å²) in [6.45, 7) is 1.90. The Morgan fingerprint density at radius 3 is 2.40 bits per heavy atom. The van der Waals surface area contributed by atoms with Gasteiger partial charge in [0.2, 0.25) is 0 Å². The Hall–Kier alpha value is -2.55. The van der Waals surface area contributed by atoms with Gasteiger partial charge < -0.3 is 5.32 Å². The van der Waals surface area contributed by atoms with Gasteiger partial charge in [0.25, 0.3) is 0 Å². The van der Waals surface area contributed by atoms with E-state index in [0.29, 0.717) is 11.9 Å². The molecule has 0 fully saturated rings. The summed E-state index contributed by atoms with van der Waals surface area (Å²) in [7, 11) is 0. The lowest BCUT2D eigenvalue weighted by molar-refractivity contribution is -0.137. The van der Waals surface area contributed by atoms with Gasteiger partial charge in [-0.15, -0.1) is 0 Å². The van der Waals surface area contributed by atoms with Crippen LogP contribution < -0.4 is 5.32 Å². The van der Waals surface area contributed by atoms with E-state index in [1.54, 1.807) is 18.2 Å². The molecule has 1 N–H and O–H groups in total. The van der Waals surface area contributed by atoms with Crippen LogP contribution in [0.15, 0.2) is 36.5 Å². The predicted molar refractivity (Wildman–Crippen MR) is 68.4 cm³/mol. The topological polar surface area (TPSA) is 48.7 Å². The standard InChI is InChI=1S/C14H10F3N3/c1-9-2-4-11(5-3-9)20-12-6-10(14(15,16)17)8-19-13(12)7-18/h2-6,8,20H,1H3. The number of aromatic nitrogens is 1. The molecule has 0 aliphatic rings. The normalized spacial score (nSPS) is 10.9. The van der Waals surface area contributed by atoms with Gasteiger partial charge in [-0.25, -0.2) is 4.98 Å². The average Bonchev–Trinajstić information content (AvgIpc) is 2.40. The van der Waals surface area contributed by atoms with Crippen molar-refractivity contribution in [1.29, 1.82) is 5.26 Å². The van der Waals surface area contributed by atoms with Crippen LogP contribution in [0.5, 0.6) is 0 Å². The molecule has 1 aromatic heterocycles. The number of nitriles is 1. The van der Waals surface area contributed by atoms with E-state index in [1.807, 2.05) is 19.1 Å². The zero-order valence-electron chi connectivity index (χ0n) is 10.5. The molecule has 1 aromatic carbocycles. The number of benzene rings is 1. The number of pyridine rings is 1. The van der Waals surface area contributed by atoms with Crippen molar-refractivity contribution >= 4 is 11.4 Å². The number of anilines is 2. The Labute approximate surface area is 113 Å². The van der Waals surface area contributed by atoms with Gasteiger partial charge in [-0.2, -0.15) is 18.4 Å². The summed E-state index contributed by atoms with van der Waals surface area (Å²) in [6.07, 6.45) is -3.84. The third kappa shape index (κ3) is 3.06. The Morgan fingerprint density at radius 1 is 1.20 bits per heavy atom. The van der Waals surface area contributed by atoms with Crippen LogP contribution in [0.25, 0.3) is 0 Å². The maximum Gasteiger partial charge on any atom is 0.417 e. The van der Waals surface area contributed by atoms with Gasteiger partial charge in [0.1, 0.15) is 6.07 Å². The van der Waals surface area contributed by atoms with E-state index in [1.165, 1.54) is 0 Å². The molecule has 0 aliphatic heterocycles. The van der Waals surface area contributed by atoms with Crippen LogP contribution in [-0.2, 0) is 6.18 Å². The molecule has 6 heteroatoms. The minimum absolute atomic E-state index is 0.0335. The van der Waals surface area contributed by atoms with E-state index >= 15 is 0 Å². The molecule has 20 heavy (non-hydrogen) atoms. The fraction of sp³-hybridized carbons (Fsp3) is 0.143. The van der Waals surface area contributed by atoms with Crippen molar-refractivity contribution < 1.29 is 13.2 Å². The van der Waals surface area contributed by atoms with Gasteiger partial charge in [-0.3, -0.25) is 0 Å². The smallest absolute Gasteiger partial charge is 0.353 e. The van der Waals surface area contributed by atoms with E-state index in [0.717, 1.165) is 11.6 Å². The van der Waals surface area contributed by atoms with Gasteiger partial charge in [0.05, 0.1) is 11.3 Å². The van der Waals surface area contributed by atoms with E-state index in [2.05, 4.69) is 10.3 Å². The fourth-order valence-electron chi connectivity index (χ4n) is 1.60. The van der Waals surface area contributed by atoms with Crippen LogP contribution >= 0.6 is 0 Å². The molecule has 102 valence electrons. The van der Waals surface area contributed by atoms with Crippen molar-refractivity contribution in [1.82, 2.24) is 4.98 Å². The Morgan fingerprint density at radius 2 is 1.85 bits per heavy atom. The van der Waals surface area contributed by atoms with Crippen LogP contribution in [-0.4, -0.2) is 4.98 Å². The number of halogens is 3. The zero-order valence-corrected chi connectivity index (χ0v) is 10.5. The number of hydrogen-bond acceptors (Lipinski definition) is 3. The quantitative estimate of drug-likeness (QED) is 0.901. The molecule has 0 amide bonds. The number of nitrogens with one attached hydrogen (secondary N) is 1. The van der Waals surface area contributed by atoms with Crippen molar-refractivity contribution in [3.05, 3.63) is 53.3 Å². The maximum atomic E-state index is 12.6. The first-order valence-electron chi connectivity index (χ1n) is 5.71. The summed E-state index contributed by atoms with van der Waals surface area (Å²) < 4.78 is 37.9. The lowest BCUT2D eigenvalue weighted by Gasteiger charge is -2.11. The van der Waals surface area contributed by atoms with Crippen molar-refractivity contribution in [2.75, 3.05) is 5.32 Å². The first-order valence-corrected chi connectivity index (χ1v) is 5.71. The van der Waals surface area contributed by atoms with Crippen molar-refractivity contribution in [3.63, 3.8) is 0 Å². The highest BCUT2D eigenvalue weighted by Crippen LogP contribution is 2.32. The molecule has 0 atom stereocenters. The molecular weight excluding hydrogens is 267 g/mol. The van der Waals surface area contributed by atoms with Gasteiger partial charge in [-0.1, -0.05) is 17.7 Å². The van der Waals surface area contributed by atoms with E-state index < -0.39 is 11.7 Å². The van der Waals surface area contributed by atoms with E-state index in [4.69, 9.17) is 5.26 Å². The summed E-state index contributed by atoms with van der Waals surface area (Å²) in [5.41, 5.74) is 0.669. The van der Waals surface area contributed by atoms with Gasteiger partial charge >= 0.3 is 6.18 Å². The highest BCUT2D eigenvalue weighted by atomic mass is 19.4. The third-order valence-corrected chi connectivity index (χ3v) is 2.65. The van der Waals surface area contributed by atoms with Crippen LogP contribution in [0.2, 0.25) is 0 Å². The predicted octanol–water partition coefficient (Wildman–Crippen LogP) is 4.02. The van der Waals surface area contributed by atoms with Gasteiger partial charge in [-0.05, 0) is 25.1 Å². The summed E-state index contributed by atoms with van der Waals surface area (Å²) >= 11 is 0. The van der Waals surface area contributed by atoms with Crippen LogP contribution in [0.1, 0.15) is 16.8 Å². The first-order chi connectivity index (χ1) is 9.40. The molecule has 2 aromatic rings. The molecule has 0 spiro atoms. The average molecular weight is 277 g/mol. The maximum absolute atomic E-state index is 12.6. The summed E-state index contributed by atoms with van der Waals surface area (Å²) in [6, 6.07) is 9.71. The molecule has 1 heterocycles. The second-order valence-electron chi connectivity index (χ2n) is 4.22. The van der Waals surface area contributed by atoms with E-state index in [-0.39, 0.29) is 11.4 Å². The van der Waals surface area contributed by atoms with E-state index in [9.17, 15) is 13.2 Å². The highest BCUT2D eigenvalue weighted by molar-refractivity contribution is 5.65. The molecule has 0 aliphatic carbocycles. The number of nitrogens with zero attached hydrogens (tertiary/aromatic N) is 2. The largest absolute Gasteiger partial charge is 0.417 e. The highest BCUT2D eigenvalue weighted by Gasteiger charge is 2.31. The number of aryl methyl sites for hydroxylation is 1. The van der Waals surface area contributed by atoms with Crippen LogP contribution in [0, 0.1) is 18.3 Å². The van der Waals surface area contributed by atoms with Crippen LogP contribution in [0.4, 0.5) is 24.5 Å². The molecule has 0 saturated heterocycles. The Bertz CT molecular complexity index is 655. The zero-order chi connectivity index (χ0) is 14.8. The lowest BCUT2D eigenvalue weighted by Crippen LogP contribution is -2.07. The van der Waals surface area contributed by atoms with Gasteiger partial charge in [0.15, 0.2) is 5.69 Å². The van der Waals surface area contributed by atoms with Crippen LogP contribution in [0.3, 0.4) is 0 Å². The summed E-state index contributed by atoms with van der Waals surface area (Å²) in [4.78, 5) is 3.53. The molecule has 2 rings (SSSR count). The molecule has 0 saturated carbocycles. The molecule has 0 bridgehead atoms. The lowest BCUT2D eigenvalue weighted by atomic mass is 10.2. The second-order valence-corrected chi connectivity index (χ2v) is 4.22. The SMILES string of the molecule is Cc1ccc(Nc2cc(C(F)(F)F)cnc2C#N)cc1. The van der Waals surface area contributed by atoms with Gasteiger partial charge in [0, 0.05) is 11.9 Å². The summed E-state index contributed by atoms with van der Waals surface area (Å²) in [5, 5.41) is 11.7. The third-order valence-electron chi connectivity index (χ3n) is 2.65. The number of hydrogen-bond donors (Lipinski definition) is 1. The number of rotatable bonds is 2. The van der Waals surface area contributed by atoms with Crippen molar-refractivity contribution in [3.8, 4) is 6.07 Å². The summed E-state index contributed by atoms with van der Waals surface area (Å²) in [5.74, 6) is 0. The monoisotopic (exact) mass is 277 g/mol. The minimum atomic E-state index is -4.50. The van der Waals surface area contributed by atoms with Crippen molar-refractivity contribution in [2.45, 2.75) is 13.1 Å². The molecule has 0 unspecified atom stereocenters. The Kier molecular flexibility index (Phi) is 3.61. The van der Waals surface area contributed by atoms with Crippen molar-refractivity contribution in [2.24, 2.45) is 0 Å². The molecule has 0 radical (unpaired) electrons. The molecule has 3 nitrogen and oxygen atoms in total. The Balaban J connectivity index is 2.39. The second kappa shape index (κ2) is 5.21. The number of alkyl halides is 3.